The third-order valence-corrected chi connectivity index (χ3v) is 2.57. The summed E-state index contributed by atoms with van der Waals surface area (Å²) in [6, 6.07) is 1.59. The van der Waals surface area contributed by atoms with Crippen LogP contribution in [0.1, 0.15) is 36.5 Å². The first-order valence-electron chi connectivity index (χ1n) is 5.57. The highest BCUT2D eigenvalue weighted by Crippen LogP contribution is 2.04. The van der Waals surface area contributed by atoms with E-state index in [1.165, 1.54) is 0 Å². The van der Waals surface area contributed by atoms with E-state index in [1.54, 1.807) is 17.8 Å². The lowest BCUT2D eigenvalue weighted by atomic mass is 10.2. The smallest absolute Gasteiger partial charge is 0.269 e. The molecule has 0 spiro atoms. The fraction of sp³-hybridized carbons (Fsp3) is 0.636. The Bertz CT molecular complexity index is 356. The predicted molar refractivity (Wildman–Crippen MR) is 61.2 cm³/mol. The molecule has 0 aromatic carbocycles. The standard InChI is InChI=1S/C11H19N3O2/c1-4-8-6-10(14(3)13-8)11(16)12-9(5-2)7-15/h6,9,15H,4-5,7H2,1-3H3,(H,12,16)/t9-/m0/s1. The topological polar surface area (TPSA) is 67.2 Å². The quantitative estimate of drug-likeness (QED) is 0.766. The molecular formula is C11H19N3O2. The number of nitrogens with one attached hydrogen (secondary N) is 1. The van der Waals surface area contributed by atoms with Crippen LogP contribution in [0.15, 0.2) is 6.07 Å². The van der Waals surface area contributed by atoms with Crippen molar-refractivity contribution >= 4 is 5.91 Å². The Morgan fingerprint density at radius 1 is 1.62 bits per heavy atom. The number of hydrogen-bond acceptors (Lipinski definition) is 3. The lowest BCUT2D eigenvalue weighted by Crippen LogP contribution is -2.37. The van der Waals surface area contributed by atoms with E-state index in [4.69, 9.17) is 5.11 Å². The Morgan fingerprint density at radius 2 is 2.31 bits per heavy atom. The molecule has 90 valence electrons. The fourth-order valence-electron chi connectivity index (χ4n) is 1.45. The number of rotatable bonds is 5. The molecule has 1 rings (SSSR count). The summed E-state index contributed by atoms with van der Waals surface area (Å²) < 4.78 is 1.57. The van der Waals surface area contributed by atoms with Gasteiger partial charge in [0.25, 0.3) is 5.91 Å². The van der Waals surface area contributed by atoms with Crippen molar-refractivity contribution in [3.63, 3.8) is 0 Å². The van der Waals surface area contributed by atoms with Crippen LogP contribution in [-0.2, 0) is 13.5 Å². The highest BCUT2D eigenvalue weighted by Gasteiger charge is 2.15. The van der Waals surface area contributed by atoms with Gasteiger partial charge in [-0.25, -0.2) is 0 Å². The van der Waals surface area contributed by atoms with Crippen LogP contribution in [0, 0.1) is 0 Å². The Labute approximate surface area is 95.5 Å². The molecule has 0 aliphatic carbocycles. The maximum absolute atomic E-state index is 11.8. The zero-order chi connectivity index (χ0) is 12.1. The van der Waals surface area contributed by atoms with E-state index >= 15 is 0 Å². The fourth-order valence-corrected chi connectivity index (χ4v) is 1.45. The summed E-state index contributed by atoms with van der Waals surface area (Å²) in [5.74, 6) is -0.185. The molecule has 0 fully saturated rings. The largest absolute Gasteiger partial charge is 0.394 e. The van der Waals surface area contributed by atoms with Crippen molar-refractivity contribution in [2.75, 3.05) is 6.61 Å². The van der Waals surface area contributed by atoms with Gasteiger partial charge in [-0.05, 0) is 18.9 Å². The van der Waals surface area contributed by atoms with Gasteiger partial charge in [0, 0.05) is 7.05 Å². The van der Waals surface area contributed by atoms with Gasteiger partial charge in [0.2, 0.25) is 0 Å². The molecule has 5 heteroatoms. The van der Waals surface area contributed by atoms with E-state index in [0.29, 0.717) is 12.1 Å². The minimum atomic E-state index is -0.188. The van der Waals surface area contributed by atoms with E-state index in [0.717, 1.165) is 12.1 Å². The molecule has 1 aromatic rings. The molecule has 0 unspecified atom stereocenters. The highest BCUT2D eigenvalue weighted by atomic mass is 16.3. The molecule has 2 N–H and O–H groups in total. The van der Waals surface area contributed by atoms with E-state index in [1.807, 2.05) is 13.8 Å². The number of hydrogen-bond donors (Lipinski definition) is 2. The van der Waals surface area contributed by atoms with E-state index in [9.17, 15) is 4.79 Å². The summed E-state index contributed by atoms with van der Waals surface area (Å²) in [7, 11) is 1.74. The molecule has 1 atom stereocenters. The van der Waals surface area contributed by atoms with Crippen molar-refractivity contribution in [3.8, 4) is 0 Å². The molecule has 5 nitrogen and oxygen atoms in total. The van der Waals surface area contributed by atoms with Crippen molar-refractivity contribution in [2.45, 2.75) is 32.7 Å². The number of aromatic nitrogens is 2. The van der Waals surface area contributed by atoms with Crippen molar-refractivity contribution < 1.29 is 9.90 Å². The lowest BCUT2D eigenvalue weighted by Gasteiger charge is -2.13. The Morgan fingerprint density at radius 3 is 2.75 bits per heavy atom. The number of amides is 1. The van der Waals surface area contributed by atoms with Gasteiger partial charge >= 0.3 is 0 Å². The summed E-state index contributed by atoms with van der Waals surface area (Å²) in [6.45, 7) is 3.87. The molecule has 0 saturated carbocycles. The maximum atomic E-state index is 11.8. The number of aliphatic hydroxyl groups excluding tert-OH is 1. The molecule has 16 heavy (non-hydrogen) atoms. The van der Waals surface area contributed by atoms with E-state index in [-0.39, 0.29) is 18.6 Å². The second-order valence-corrected chi connectivity index (χ2v) is 3.76. The maximum Gasteiger partial charge on any atom is 0.269 e. The van der Waals surface area contributed by atoms with Crippen LogP contribution in [0.3, 0.4) is 0 Å². The van der Waals surface area contributed by atoms with Crippen molar-refractivity contribution in [2.24, 2.45) is 7.05 Å². The van der Waals surface area contributed by atoms with Gasteiger partial charge in [0.05, 0.1) is 18.3 Å². The molecule has 0 radical (unpaired) electrons. The van der Waals surface area contributed by atoms with E-state index in [2.05, 4.69) is 10.4 Å². The minimum Gasteiger partial charge on any atom is -0.394 e. The summed E-state index contributed by atoms with van der Waals surface area (Å²) in [5, 5.41) is 16.0. The van der Waals surface area contributed by atoms with Crippen LogP contribution in [0.5, 0.6) is 0 Å². The molecular weight excluding hydrogens is 206 g/mol. The number of aryl methyl sites for hydroxylation is 2. The second kappa shape index (κ2) is 5.65. The van der Waals surface area contributed by atoms with Crippen molar-refractivity contribution in [3.05, 3.63) is 17.5 Å². The molecule has 1 aromatic heterocycles. The first-order valence-corrected chi connectivity index (χ1v) is 5.57. The summed E-state index contributed by atoms with van der Waals surface area (Å²) in [4.78, 5) is 11.8. The predicted octanol–water partition coefficient (Wildman–Crippen LogP) is 0.483. The minimum absolute atomic E-state index is 0.0409. The monoisotopic (exact) mass is 225 g/mol. The zero-order valence-corrected chi connectivity index (χ0v) is 10.0. The van der Waals surface area contributed by atoms with Gasteiger partial charge in [-0.3, -0.25) is 9.48 Å². The first-order chi connectivity index (χ1) is 7.62. The second-order valence-electron chi connectivity index (χ2n) is 3.76. The number of carbonyl (C=O) groups excluding carboxylic acids is 1. The van der Waals surface area contributed by atoms with Crippen molar-refractivity contribution in [1.82, 2.24) is 15.1 Å². The summed E-state index contributed by atoms with van der Waals surface area (Å²) in [5.41, 5.74) is 1.42. The summed E-state index contributed by atoms with van der Waals surface area (Å²) in [6.07, 6.45) is 1.51. The van der Waals surface area contributed by atoms with Crippen LogP contribution in [0.4, 0.5) is 0 Å². The van der Waals surface area contributed by atoms with Crippen LogP contribution in [-0.4, -0.2) is 33.4 Å². The molecule has 1 amide bonds. The molecule has 0 aliphatic rings. The number of aliphatic hydroxyl groups is 1. The first kappa shape index (κ1) is 12.7. The third kappa shape index (κ3) is 2.82. The van der Waals surface area contributed by atoms with Crippen LogP contribution in [0.25, 0.3) is 0 Å². The van der Waals surface area contributed by atoms with Crippen LogP contribution >= 0.6 is 0 Å². The van der Waals surface area contributed by atoms with Crippen molar-refractivity contribution in [1.29, 1.82) is 0 Å². The van der Waals surface area contributed by atoms with Gasteiger partial charge in [-0.1, -0.05) is 13.8 Å². The number of nitrogens with zero attached hydrogens (tertiary/aromatic N) is 2. The zero-order valence-electron chi connectivity index (χ0n) is 10.0. The average molecular weight is 225 g/mol. The van der Waals surface area contributed by atoms with E-state index < -0.39 is 0 Å². The van der Waals surface area contributed by atoms with Crippen LogP contribution < -0.4 is 5.32 Å². The lowest BCUT2D eigenvalue weighted by molar-refractivity contribution is 0.0905. The molecule has 0 bridgehead atoms. The molecule has 0 aliphatic heterocycles. The SMILES string of the molecule is CCc1cc(C(=O)N[C@@H](CC)CO)n(C)n1. The van der Waals surface area contributed by atoms with Gasteiger partial charge in [0.15, 0.2) is 0 Å². The van der Waals surface area contributed by atoms with Gasteiger partial charge in [-0.15, -0.1) is 0 Å². The molecule has 0 saturated heterocycles. The van der Waals surface area contributed by atoms with Crippen LogP contribution in [0.2, 0.25) is 0 Å². The Hall–Kier alpha value is -1.36. The van der Waals surface area contributed by atoms with Gasteiger partial charge in [-0.2, -0.15) is 5.10 Å². The number of carbonyl (C=O) groups is 1. The summed E-state index contributed by atoms with van der Waals surface area (Å²) >= 11 is 0. The highest BCUT2D eigenvalue weighted by molar-refractivity contribution is 5.92. The molecule has 1 heterocycles. The van der Waals surface area contributed by atoms with Gasteiger partial charge < -0.3 is 10.4 Å². The van der Waals surface area contributed by atoms with Gasteiger partial charge in [0.1, 0.15) is 5.69 Å². The third-order valence-electron chi connectivity index (χ3n) is 2.57. The Kier molecular flexibility index (Phi) is 4.49. The Balaban J connectivity index is 2.75. The average Bonchev–Trinajstić information content (AvgIpc) is 2.67. The normalized spacial score (nSPS) is 12.5.